The molecule has 0 spiro atoms. The van der Waals surface area contributed by atoms with Crippen LogP contribution in [0.5, 0.6) is 5.75 Å². The molecule has 0 saturated heterocycles. The zero-order valence-electron chi connectivity index (χ0n) is 16.6. The number of ether oxygens (including phenoxy) is 1. The van der Waals surface area contributed by atoms with Crippen molar-refractivity contribution in [2.75, 3.05) is 12.8 Å². The highest BCUT2D eigenvalue weighted by atomic mass is 16.6. The summed E-state index contributed by atoms with van der Waals surface area (Å²) < 4.78 is 11.4. The van der Waals surface area contributed by atoms with Gasteiger partial charge in [-0.2, -0.15) is 5.10 Å². The predicted molar refractivity (Wildman–Crippen MR) is 113 cm³/mol. The van der Waals surface area contributed by atoms with Crippen molar-refractivity contribution in [1.29, 1.82) is 0 Å². The average Bonchev–Trinajstić information content (AvgIpc) is 3.36. The quantitative estimate of drug-likeness (QED) is 0.248. The molecule has 32 heavy (non-hydrogen) atoms. The summed E-state index contributed by atoms with van der Waals surface area (Å²) in [4.78, 5) is 27.6. The lowest BCUT2D eigenvalue weighted by atomic mass is 10.2. The minimum Gasteiger partial charge on any atom is -0.490 e. The second-order valence-electron chi connectivity index (χ2n) is 6.46. The van der Waals surface area contributed by atoms with Gasteiger partial charge in [-0.3, -0.25) is 14.9 Å². The van der Waals surface area contributed by atoms with Gasteiger partial charge in [-0.05, 0) is 28.5 Å². The number of hydrogen-bond donors (Lipinski definition) is 2. The molecule has 4 rings (SSSR count). The van der Waals surface area contributed by atoms with Gasteiger partial charge in [0.1, 0.15) is 6.54 Å². The maximum Gasteiger partial charge on any atom is 0.311 e. The Morgan fingerprint density at radius 2 is 2.12 bits per heavy atom. The van der Waals surface area contributed by atoms with Crippen LogP contribution in [0.25, 0.3) is 22.6 Å². The van der Waals surface area contributed by atoms with Crippen LogP contribution in [0.2, 0.25) is 0 Å². The molecule has 2 aromatic heterocycles. The largest absolute Gasteiger partial charge is 0.490 e. The minimum atomic E-state index is -0.565. The van der Waals surface area contributed by atoms with E-state index in [1.807, 2.05) is 6.07 Å². The van der Waals surface area contributed by atoms with E-state index in [0.29, 0.717) is 22.4 Å². The molecule has 13 nitrogen and oxygen atoms in total. The van der Waals surface area contributed by atoms with Gasteiger partial charge >= 0.3 is 5.69 Å². The Morgan fingerprint density at radius 3 is 2.84 bits per heavy atom. The molecule has 0 bridgehead atoms. The molecule has 0 unspecified atom stereocenters. The molecule has 0 aliphatic carbocycles. The zero-order chi connectivity index (χ0) is 22.7. The van der Waals surface area contributed by atoms with Crippen molar-refractivity contribution >= 4 is 34.7 Å². The highest BCUT2D eigenvalue weighted by Crippen LogP contribution is 2.29. The van der Waals surface area contributed by atoms with E-state index >= 15 is 0 Å². The van der Waals surface area contributed by atoms with Crippen LogP contribution < -0.4 is 15.9 Å². The topological polar surface area (TPSA) is 177 Å². The zero-order valence-corrected chi connectivity index (χ0v) is 16.6. The normalized spacial score (nSPS) is 11.2. The van der Waals surface area contributed by atoms with Gasteiger partial charge in [-0.15, -0.1) is 0 Å². The summed E-state index contributed by atoms with van der Waals surface area (Å²) in [5.74, 6) is -0.0975. The number of carbonyl (C=O) groups excluding carboxylic acids is 1. The number of methoxy groups -OCH3 is 1. The molecule has 0 saturated carbocycles. The smallest absolute Gasteiger partial charge is 0.311 e. The number of hydrazone groups is 1. The van der Waals surface area contributed by atoms with Crippen LogP contribution in [0.15, 0.2) is 52.2 Å². The second kappa shape index (κ2) is 8.51. The van der Waals surface area contributed by atoms with Gasteiger partial charge in [0.2, 0.25) is 5.75 Å². The van der Waals surface area contributed by atoms with Crippen LogP contribution in [0.4, 0.5) is 11.5 Å². The van der Waals surface area contributed by atoms with Crippen molar-refractivity contribution in [3.8, 4) is 17.3 Å². The SMILES string of the molecule is COc1c(C=NNC(=O)Cn2c(-c3nonc3N)nc3ccccc32)cccc1[N+](=O)[O-]. The molecule has 2 aromatic carbocycles. The number of hydrogen-bond acceptors (Lipinski definition) is 10. The number of amides is 1. The van der Waals surface area contributed by atoms with Crippen molar-refractivity contribution in [1.82, 2.24) is 25.3 Å². The first kappa shape index (κ1) is 20.5. The monoisotopic (exact) mass is 436 g/mol. The van der Waals surface area contributed by atoms with E-state index < -0.39 is 10.8 Å². The molecular weight excluding hydrogens is 420 g/mol. The van der Waals surface area contributed by atoms with Crippen molar-refractivity contribution in [3.05, 3.63) is 58.1 Å². The summed E-state index contributed by atoms with van der Waals surface area (Å²) in [7, 11) is 1.31. The Bertz CT molecular complexity index is 1340. The fourth-order valence-electron chi connectivity index (χ4n) is 3.13. The molecule has 0 radical (unpaired) electrons. The number of benzene rings is 2. The number of nitrogens with zero attached hydrogens (tertiary/aromatic N) is 6. The van der Waals surface area contributed by atoms with E-state index in [0.717, 1.165) is 0 Å². The molecule has 13 heteroatoms. The van der Waals surface area contributed by atoms with Gasteiger partial charge in [0.25, 0.3) is 5.91 Å². The Labute approximate surface area is 179 Å². The first-order valence-corrected chi connectivity index (χ1v) is 9.16. The van der Waals surface area contributed by atoms with Crippen molar-refractivity contribution in [2.45, 2.75) is 6.54 Å². The molecule has 0 atom stereocenters. The van der Waals surface area contributed by atoms with E-state index in [-0.39, 0.29) is 29.5 Å². The first-order chi connectivity index (χ1) is 15.5. The number of para-hydroxylation sites is 3. The van der Waals surface area contributed by atoms with Crippen molar-refractivity contribution < 1.29 is 19.1 Å². The fraction of sp³-hybridized carbons (Fsp3) is 0.105. The molecule has 3 N–H and O–H groups in total. The lowest BCUT2D eigenvalue weighted by molar-refractivity contribution is -0.385. The van der Waals surface area contributed by atoms with Crippen LogP contribution in [-0.2, 0) is 11.3 Å². The van der Waals surface area contributed by atoms with Crippen LogP contribution in [-0.4, -0.2) is 44.0 Å². The second-order valence-corrected chi connectivity index (χ2v) is 6.46. The van der Waals surface area contributed by atoms with Crippen LogP contribution >= 0.6 is 0 Å². The summed E-state index contributed by atoms with van der Waals surface area (Å²) in [5, 5.41) is 22.3. The molecule has 1 amide bonds. The summed E-state index contributed by atoms with van der Waals surface area (Å²) in [5.41, 5.74) is 9.81. The van der Waals surface area contributed by atoms with E-state index in [4.69, 9.17) is 10.5 Å². The third-order valence-electron chi connectivity index (χ3n) is 4.50. The number of nitro groups is 1. The number of nitrogens with two attached hydrogens (primary N) is 1. The number of nitrogen functional groups attached to an aromatic ring is 1. The van der Waals surface area contributed by atoms with Crippen molar-refractivity contribution in [2.24, 2.45) is 5.10 Å². The Balaban J connectivity index is 1.58. The molecule has 0 aliphatic rings. The number of nitrogens with one attached hydrogen (secondary N) is 1. The standard InChI is InChI=1S/C19H16N8O5/c1-31-17-11(5-4-8-14(17)27(29)30)9-21-23-15(28)10-26-13-7-3-2-6-12(13)22-19(26)16-18(20)25-32-24-16/h2-9H,10H2,1H3,(H2,20,25)(H,23,28). The van der Waals surface area contributed by atoms with Crippen LogP contribution in [0.1, 0.15) is 5.56 Å². The molecule has 0 fully saturated rings. The third-order valence-corrected chi connectivity index (χ3v) is 4.50. The van der Waals surface area contributed by atoms with Gasteiger partial charge < -0.3 is 15.0 Å². The molecule has 4 aromatic rings. The summed E-state index contributed by atoms with van der Waals surface area (Å²) in [6, 6.07) is 11.6. The fourth-order valence-corrected chi connectivity index (χ4v) is 3.13. The van der Waals surface area contributed by atoms with E-state index in [2.05, 4.69) is 30.5 Å². The van der Waals surface area contributed by atoms with Gasteiger partial charge in [0, 0.05) is 11.6 Å². The number of aromatic nitrogens is 4. The molecule has 2 heterocycles. The highest BCUT2D eigenvalue weighted by Gasteiger charge is 2.21. The third kappa shape index (κ3) is 3.81. The van der Waals surface area contributed by atoms with E-state index in [1.54, 1.807) is 28.8 Å². The van der Waals surface area contributed by atoms with Crippen LogP contribution in [0.3, 0.4) is 0 Å². The first-order valence-electron chi connectivity index (χ1n) is 9.16. The number of nitro benzene ring substituents is 1. The number of fused-ring (bicyclic) bond motifs is 1. The lowest BCUT2D eigenvalue weighted by Gasteiger charge is -2.07. The predicted octanol–water partition coefficient (Wildman–Crippen LogP) is 1.74. The highest BCUT2D eigenvalue weighted by molar-refractivity contribution is 5.88. The van der Waals surface area contributed by atoms with Crippen LogP contribution in [0, 0.1) is 10.1 Å². The summed E-state index contributed by atoms with van der Waals surface area (Å²) >= 11 is 0. The maximum atomic E-state index is 12.6. The van der Waals surface area contributed by atoms with E-state index in [1.165, 1.54) is 25.5 Å². The number of carbonyl (C=O) groups is 1. The molecule has 162 valence electrons. The average molecular weight is 436 g/mol. The number of rotatable bonds is 7. The summed E-state index contributed by atoms with van der Waals surface area (Å²) in [6.45, 7) is -0.161. The summed E-state index contributed by atoms with van der Waals surface area (Å²) in [6.07, 6.45) is 1.26. The minimum absolute atomic E-state index is 0.0346. The Morgan fingerprint density at radius 1 is 1.31 bits per heavy atom. The number of imidazole rings is 1. The molecule has 0 aliphatic heterocycles. The number of anilines is 1. The Kier molecular flexibility index (Phi) is 5.44. The molecular formula is C19H16N8O5. The van der Waals surface area contributed by atoms with Gasteiger partial charge in [-0.25, -0.2) is 15.0 Å². The van der Waals surface area contributed by atoms with Gasteiger partial charge in [-0.1, -0.05) is 18.2 Å². The van der Waals surface area contributed by atoms with Crippen molar-refractivity contribution in [3.63, 3.8) is 0 Å². The Hall–Kier alpha value is -4.81. The van der Waals surface area contributed by atoms with E-state index in [9.17, 15) is 14.9 Å². The van der Waals surface area contributed by atoms with Gasteiger partial charge in [0.15, 0.2) is 17.3 Å². The van der Waals surface area contributed by atoms with Gasteiger partial charge in [0.05, 0.1) is 29.3 Å². The lowest BCUT2D eigenvalue weighted by Crippen LogP contribution is -2.23. The maximum absolute atomic E-state index is 12.6.